The summed E-state index contributed by atoms with van der Waals surface area (Å²) in [4.78, 5) is 86.7. The van der Waals surface area contributed by atoms with Gasteiger partial charge in [0.05, 0.1) is 17.3 Å². The van der Waals surface area contributed by atoms with E-state index in [1.54, 1.807) is 39.5 Å². The molecular formula is C31H51N3O7S2. The van der Waals surface area contributed by atoms with E-state index in [1.807, 2.05) is 6.92 Å². The molecule has 0 saturated carbocycles. The van der Waals surface area contributed by atoms with Crippen LogP contribution in [0.5, 0.6) is 0 Å². The minimum Gasteiger partial charge on any atom is -0.347 e. The largest absolute Gasteiger partial charge is 0.347 e. The summed E-state index contributed by atoms with van der Waals surface area (Å²) in [7, 11) is 0. The van der Waals surface area contributed by atoms with E-state index in [0.29, 0.717) is 37.3 Å². The molecule has 1 rings (SSSR count). The third-order valence-electron chi connectivity index (χ3n) is 7.27. The highest BCUT2D eigenvalue weighted by molar-refractivity contribution is 8.00. The molecule has 4 atom stereocenters. The van der Waals surface area contributed by atoms with Crippen molar-refractivity contribution < 1.29 is 33.6 Å². The van der Waals surface area contributed by atoms with E-state index in [-0.39, 0.29) is 60.2 Å². The zero-order valence-corrected chi connectivity index (χ0v) is 28.2. The standard InChI is InChI=1S/C31H51N3O7S2/c1-6-7-15-34-29(39)20-27(31(34)41)43-17-11-13-28(38)32-24(5)26(37)19-21(2)30(40)33-23(4)25(36)14-18-42-16-10-8-9-12-22(3)35/h21,23-24,27H,6-20H2,1-5H3,(H,32,38)(H,33,40). The molecule has 1 aliphatic rings. The van der Waals surface area contributed by atoms with Crippen LogP contribution >= 0.6 is 23.5 Å². The minimum absolute atomic E-state index is 0.0596. The number of unbranched alkanes of at least 4 members (excludes halogenated alkanes) is 3. The number of ketones is 3. The molecule has 244 valence electrons. The first-order valence-electron chi connectivity index (χ1n) is 15.5. The number of Topliss-reactive ketones (excluding diaryl/α,β-unsaturated/α-hetero) is 3. The van der Waals surface area contributed by atoms with Gasteiger partial charge in [0.25, 0.3) is 0 Å². The number of hydrogen-bond acceptors (Lipinski definition) is 9. The molecule has 4 unspecified atom stereocenters. The summed E-state index contributed by atoms with van der Waals surface area (Å²) in [6.45, 7) is 8.91. The average Bonchev–Trinajstić information content (AvgIpc) is 3.22. The summed E-state index contributed by atoms with van der Waals surface area (Å²) in [5.41, 5.74) is 0. The van der Waals surface area contributed by atoms with Gasteiger partial charge in [-0.15, -0.1) is 11.8 Å². The Balaban J connectivity index is 2.25. The van der Waals surface area contributed by atoms with Gasteiger partial charge in [0, 0.05) is 50.3 Å². The molecule has 0 aliphatic carbocycles. The van der Waals surface area contributed by atoms with Crippen molar-refractivity contribution in [3.05, 3.63) is 0 Å². The molecule has 2 N–H and O–H groups in total. The topological polar surface area (TPSA) is 147 Å². The number of nitrogens with one attached hydrogen (secondary N) is 2. The smallest absolute Gasteiger partial charge is 0.242 e. The lowest BCUT2D eigenvalue weighted by Crippen LogP contribution is -2.43. The fraction of sp³-hybridized carbons (Fsp3) is 0.774. The predicted octanol–water partition coefficient (Wildman–Crippen LogP) is 3.87. The van der Waals surface area contributed by atoms with Crippen molar-refractivity contribution in [3.63, 3.8) is 0 Å². The molecule has 10 nitrogen and oxygen atoms in total. The van der Waals surface area contributed by atoms with Gasteiger partial charge in [-0.05, 0) is 58.0 Å². The Morgan fingerprint density at radius 2 is 1.53 bits per heavy atom. The quantitative estimate of drug-likeness (QED) is 0.118. The van der Waals surface area contributed by atoms with E-state index in [9.17, 15) is 33.6 Å². The number of carbonyl (C=O) groups is 7. The van der Waals surface area contributed by atoms with Crippen molar-refractivity contribution in [1.29, 1.82) is 0 Å². The van der Waals surface area contributed by atoms with Crippen LogP contribution in [0.15, 0.2) is 0 Å². The summed E-state index contributed by atoms with van der Waals surface area (Å²) in [5.74, 6) is 0.437. The van der Waals surface area contributed by atoms with Crippen LogP contribution in [0.4, 0.5) is 0 Å². The van der Waals surface area contributed by atoms with Crippen molar-refractivity contribution in [3.8, 4) is 0 Å². The first-order valence-corrected chi connectivity index (χ1v) is 17.8. The number of carbonyl (C=O) groups excluding carboxylic acids is 7. The van der Waals surface area contributed by atoms with Crippen LogP contribution in [0.3, 0.4) is 0 Å². The molecule has 1 heterocycles. The van der Waals surface area contributed by atoms with Crippen LogP contribution in [-0.2, 0) is 33.6 Å². The molecule has 1 fully saturated rings. The summed E-state index contributed by atoms with van der Waals surface area (Å²) in [6, 6.07) is -1.40. The van der Waals surface area contributed by atoms with Crippen molar-refractivity contribution >= 4 is 64.5 Å². The van der Waals surface area contributed by atoms with Crippen LogP contribution in [-0.4, -0.2) is 87.0 Å². The second-order valence-electron chi connectivity index (χ2n) is 11.3. The molecule has 1 aliphatic heterocycles. The van der Waals surface area contributed by atoms with E-state index in [4.69, 9.17) is 0 Å². The lowest BCUT2D eigenvalue weighted by molar-refractivity contribution is -0.138. The SMILES string of the molecule is CCCCN1C(=O)CC(SCCCC(=O)NC(C)C(=O)CC(C)C(=O)NC(C)C(=O)CCSCCCCCC(C)=O)C1=O. The fourth-order valence-corrected chi connectivity index (χ4v) is 6.52. The van der Waals surface area contributed by atoms with Gasteiger partial charge in [-0.2, -0.15) is 11.8 Å². The molecule has 0 aromatic carbocycles. The third kappa shape index (κ3) is 15.9. The van der Waals surface area contributed by atoms with Gasteiger partial charge < -0.3 is 15.4 Å². The first-order chi connectivity index (χ1) is 20.4. The molecule has 4 amide bonds. The van der Waals surface area contributed by atoms with Crippen LogP contribution in [0.25, 0.3) is 0 Å². The van der Waals surface area contributed by atoms with Crippen molar-refractivity contribution in [2.24, 2.45) is 5.92 Å². The van der Waals surface area contributed by atoms with E-state index >= 15 is 0 Å². The Morgan fingerprint density at radius 1 is 0.837 bits per heavy atom. The highest BCUT2D eigenvalue weighted by Gasteiger charge is 2.38. The predicted molar refractivity (Wildman–Crippen MR) is 172 cm³/mol. The maximum Gasteiger partial charge on any atom is 0.242 e. The lowest BCUT2D eigenvalue weighted by atomic mass is 9.99. The van der Waals surface area contributed by atoms with Crippen molar-refractivity contribution in [2.75, 3.05) is 23.8 Å². The Hall–Kier alpha value is -2.21. The van der Waals surface area contributed by atoms with Gasteiger partial charge in [-0.1, -0.05) is 26.7 Å². The van der Waals surface area contributed by atoms with E-state index in [0.717, 1.165) is 37.9 Å². The molecule has 0 spiro atoms. The molecule has 0 radical (unpaired) electrons. The highest BCUT2D eigenvalue weighted by atomic mass is 32.2. The van der Waals surface area contributed by atoms with E-state index in [2.05, 4.69) is 10.6 Å². The summed E-state index contributed by atoms with van der Waals surface area (Å²) in [5, 5.41) is 4.99. The maximum atomic E-state index is 12.6. The monoisotopic (exact) mass is 641 g/mol. The number of likely N-dealkylation sites (tertiary alicyclic amines) is 1. The number of nitrogens with zero attached hydrogens (tertiary/aromatic N) is 1. The van der Waals surface area contributed by atoms with Crippen molar-refractivity contribution in [1.82, 2.24) is 15.5 Å². The third-order valence-corrected chi connectivity index (χ3v) is 9.64. The normalized spacial score (nSPS) is 17.0. The molecule has 0 bridgehead atoms. The van der Waals surface area contributed by atoms with Gasteiger partial charge in [-0.3, -0.25) is 33.7 Å². The second-order valence-corrected chi connectivity index (χ2v) is 13.9. The van der Waals surface area contributed by atoms with Crippen molar-refractivity contribution in [2.45, 2.75) is 123 Å². The Morgan fingerprint density at radius 3 is 2.21 bits per heavy atom. The highest BCUT2D eigenvalue weighted by Crippen LogP contribution is 2.26. The van der Waals surface area contributed by atoms with Gasteiger partial charge in [-0.25, -0.2) is 0 Å². The molecule has 1 saturated heterocycles. The number of amides is 4. The minimum atomic E-state index is -0.755. The molecule has 43 heavy (non-hydrogen) atoms. The van der Waals surface area contributed by atoms with Gasteiger partial charge in [0.2, 0.25) is 23.6 Å². The maximum absolute atomic E-state index is 12.6. The van der Waals surface area contributed by atoms with Crippen LogP contribution in [0, 0.1) is 5.92 Å². The Bertz CT molecular complexity index is 975. The van der Waals surface area contributed by atoms with Crippen LogP contribution < -0.4 is 10.6 Å². The molecule has 12 heteroatoms. The van der Waals surface area contributed by atoms with Gasteiger partial charge in [0.1, 0.15) is 5.78 Å². The number of rotatable bonds is 24. The Labute approximate surface area is 265 Å². The van der Waals surface area contributed by atoms with Gasteiger partial charge >= 0.3 is 0 Å². The summed E-state index contributed by atoms with van der Waals surface area (Å²) >= 11 is 3.08. The molecule has 0 aromatic heterocycles. The van der Waals surface area contributed by atoms with Crippen LogP contribution in [0.2, 0.25) is 0 Å². The first kappa shape index (κ1) is 38.8. The zero-order chi connectivity index (χ0) is 32.4. The number of imide groups is 1. The number of hydrogen-bond donors (Lipinski definition) is 2. The Kier molecular flexibility index (Phi) is 19.4. The van der Waals surface area contributed by atoms with E-state index in [1.165, 1.54) is 16.7 Å². The fourth-order valence-electron chi connectivity index (χ4n) is 4.44. The summed E-state index contributed by atoms with van der Waals surface area (Å²) < 4.78 is 0. The molecular weight excluding hydrogens is 590 g/mol. The van der Waals surface area contributed by atoms with E-state index < -0.39 is 23.3 Å². The number of thioether (sulfide) groups is 2. The second kappa shape index (κ2) is 21.5. The zero-order valence-electron chi connectivity index (χ0n) is 26.5. The summed E-state index contributed by atoms with van der Waals surface area (Å²) in [6.07, 6.45) is 6.40. The lowest BCUT2D eigenvalue weighted by Gasteiger charge is -2.18. The van der Waals surface area contributed by atoms with Gasteiger partial charge in [0.15, 0.2) is 11.6 Å². The van der Waals surface area contributed by atoms with Crippen LogP contribution in [0.1, 0.15) is 105 Å². The average molecular weight is 642 g/mol. The molecule has 0 aromatic rings.